The molecule has 1 fully saturated rings. The molecule has 1 aliphatic heterocycles. The minimum atomic E-state index is -2.32. The van der Waals surface area contributed by atoms with Crippen LogP contribution in [0.5, 0.6) is 0 Å². The molecule has 0 aliphatic carbocycles. The molecule has 3 rings (SSSR count). The second-order valence-corrected chi connectivity index (χ2v) is 7.35. The number of pyridine rings is 1. The van der Waals surface area contributed by atoms with Gasteiger partial charge in [0.05, 0.1) is 11.9 Å². The summed E-state index contributed by atoms with van der Waals surface area (Å²) in [6.45, 7) is 1.53. The monoisotopic (exact) mass is 450 g/mol. The minimum absolute atomic E-state index is 0.0845. The van der Waals surface area contributed by atoms with Gasteiger partial charge in [-0.2, -0.15) is 0 Å². The lowest BCUT2D eigenvalue weighted by molar-refractivity contribution is -0.175. The number of aromatic nitrogens is 1. The van der Waals surface area contributed by atoms with Crippen molar-refractivity contribution in [3.63, 3.8) is 0 Å². The number of amides is 3. The summed E-state index contributed by atoms with van der Waals surface area (Å²) in [6, 6.07) is 7.08. The first kappa shape index (κ1) is 22.4. The van der Waals surface area contributed by atoms with Crippen molar-refractivity contribution in [2.75, 3.05) is 23.3 Å². The SMILES string of the molecule is CC(=O)Nc1ccc(N2CC[C@@](O)(OC(=O)NCCc3cc(F)cc(Cl)c3)C2=O)cn1. The van der Waals surface area contributed by atoms with Gasteiger partial charge in [0.2, 0.25) is 5.91 Å². The van der Waals surface area contributed by atoms with Crippen molar-refractivity contribution in [1.29, 1.82) is 0 Å². The summed E-state index contributed by atoms with van der Waals surface area (Å²) in [7, 11) is 0. The molecule has 0 radical (unpaired) electrons. The fourth-order valence-electron chi connectivity index (χ4n) is 3.08. The molecule has 3 amide bonds. The Labute approximate surface area is 182 Å². The number of aliphatic hydroxyl groups is 1. The van der Waals surface area contributed by atoms with Crippen LogP contribution in [0.2, 0.25) is 5.02 Å². The second-order valence-electron chi connectivity index (χ2n) is 6.92. The van der Waals surface area contributed by atoms with E-state index in [1.54, 1.807) is 12.1 Å². The molecule has 1 aromatic heterocycles. The molecule has 1 saturated heterocycles. The first-order valence-corrected chi connectivity index (χ1v) is 9.74. The molecule has 0 unspecified atom stereocenters. The molecule has 1 atom stereocenters. The number of hydrogen-bond donors (Lipinski definition) is 3. The molecule has 1 aromatic carbocycles. The van der Waals surface area contributed by atoms with E-state index < -0.39 is 23.6 Å². The second kappa shape index (κ2) is 9.27. The Balaban J connectivity index is 1.54. The van der Waals surface area contributed by atoms with Crippen molar-refractivity contribution in [3.05, 3.63) is 52.9 Å². The zero-order chi connectivity index (χ0) is 22.6. The molecule has 1 aliphatic rings. The van der Waals surface area contributed by atoms with Crippen LogP contribution in [0.4, 0.5) is 20.7 Å². The van der Waals surface area contributed by atoms with Crippen LogP contribution in [0.25, 0.3) is 0 Å². The Kier molecular flexibility index (Phi) is 6.71. The van der Waals surface area contributed by atoms with E-state index in [-0.39, 0.29) is 36.9 Å². The Morgan fingerprint density at radius 2 is 2.13 bits per heavy atom. The van der Waals surface area contributed by atoms with Gasteiger partial charge in [0, 0.05) is 31.5 Å². The van der Waals surface area contributed by atoms with Crippen molar-refractivity contribution in [3.8, 4) is 0 Å². The molecule has 0 spiro atoms. The number of anilines is 2. The third kappa shape index (κ3) is 5.68. The van der Waals surface area contributed by atoms with Gasteiger partial charge in [-0.05, 0) is 42.3 Å². The average molecular weight is 451 g/mol. The zero-order valence-electron chi connectivity index (χ0n) is 16.5. The number of benzene rings is 1. The van der Waals surface area contributed by atoms with Crippen LogP contribution in [-0.2, 0) is 20.7 Å². The van der Waals surface area contributed by atoms with Crippen LogP contribution >= 0.6 is 11.6 Å². The molecule has 2 aromatic rings. The highest BCUT2D eigenvalue weighted by Gasteiger charge is 2.49. The summed E-state index contributed by atoms with van der Waals surface area (Å²) in [5.74, 6) is -3.59. The van der Waals surface area contributed by atoms with Gasteiger partial charge >= 0.3 is 6.09 Å². The molecule has 0 bridgehead atoms. The van der Waals surface area contributed by atoms with E-state index in [1.165, 1.54) is 36.2 Å². The number of alkyl carbamates (subject to hydrolysis) is 1. The number of carbonyl (C=O) groups excluding carboxylic acids is 3. The molecular weight excluding hydrogens is 431 g/mol. The number of ether oxygens (including phenoxy) is 1. The van der Waals surface area contributed by atoms with E-state index in [9.17, 15) is 23.9 Å². The summed E-state index contributed by atoms with van der Waals surface area (Å²) in [5, 5.41) is 15.7. The molecule has 2 heterocycles. The third-order valence-corrected chi connectivity index (χ3v) is 4.70. The molecule has 0 saturated carbocycles. The highest BCUT2D eigenvalue weighted by atomic mass is 35.5. The predicted molar refractivity (Wildman–Crippen MR) is 110 cm³/mol. The largest absolute Gasteiger partial charge is 0.410 e. The third-order valence-electron chi connectivity index (χ3n) is 4.48. The topological polar surface area (TPSA) is 121 Å². The number of halogens is 2. The van der Waals surface area contributed by atoms with Crippen molar-refractivity contribution < 1.29 is 28.6 Å². The van der Waals surface area contributed by atoms with E-state index in [4.69, 9.17) is 16.3 Å². The van der Waals surface area contributed by atoms with E-state index in [0.717, 1.165) is 0 Å². The summed E-state index contributed by atoms with van der Waals surface area (Å²) in [5.41, 5.74) is 0.948. The van der Waals surface area contributed by atoms with Crippen LogP contribution in [-0.4, -0.2) is 46.9 Å². The van der Waals surface area contributed by atoms with E-state index >= 15 is 0 Å². The van der Waals surface area contributed by atoms with Crippen LogP contribution < -0.4 is 15.5 Å². The van der Waals surface area contributed by atoms with Gasteiger partial charge in [0.1, 0.15) is 11.6 Å². The molecular formula is C20H20ClFN4O5. The van der Waals surface area contributed by atoms with Gasteiger partial charge in [0.25, 0.3) is 11.7 Å². The number of nitrogens with one attached hydrogen (secondary N) is 2. The Bertz CT molecular complexity index is 983. The Morgan fingerprint density at radius 1 is 1.35 bits per heavy atom. The molecule has 164 valence electrons. The normalized spacial score (nSPS) is 18.1. The highest BCUT2D eigenvalue weighted by Crippen LogP contribution is 2.29. The van der Waals surface area contributed by atoms with Gasteiger partial charge in [-0.1, -0.05) is 11.6 Å². The molecule has 9 nitrogen and oxygen atoms in total. The predicted octanol–water partition coefficient (Wildman–Crippen LogP) is 2.23. The van der Waals surface area contributed by atoms with Gasteiger partial charge in [-0.3, -0.25) is 9.59 Å². The molecule has 3 N–H and O–H groups in total. The standard InChI is InChI=1S/C20H20ClFN4O5/c1-12(27)25-17-3-2-16(11-24-17)26-7-5-20(30,18(26)28)31-19(29)23-6-4-13-8-14(21)10-15(22)9-13/h2-3,8-11,30H,4-7H2,1H3,(H,23,29)(H,24,25,27)/t20-/m1/s1. The highest BCUT2D eigenvalue weighted by molar-refractivity contribution is 6.30. The Morgan fingerprint density at radius 3 is 2.77 bits per heavy atom. The van der Waals surface area contributed by atoms with E-state index in [2.05, 4.69) is 15.6 Å². The number of carbonyl (C=O) groups is 3. The van der Waals surface area contributed by atoms with E-state index in [0.29, 0.717) is 17.1 Å². The lowest BCUT2D eigenvalue weighted by Gasteiger charge is -2.22. The summed E-state index contributed by atoms with van der Waals surface area (Å²) in [6.07, 6.45) is 0.516. The Hall–Kier alpha value is -3.24. The first-order chi connectivity index (χ1) is 14.7. The van der Waals surface area contributed by atoms with Crippen LogP contribution in [0.15, 0.2) is 36.5 Å². The van der Waals surface area contributed by atoms with Crippen molar-refractivity contribution >= 4 is 41.0 Å². The maximum absolute atomic E-state index is 13.3. The smallest absolute Gasteiger partial charge is 0.407 e. The minimum Gasteiger partial charge on any atom is -0.407 e. The van der Waals surface area contributed by atoms with Crippen LogP contribution in [0, 0.1) is 5.82 Å². The molecule has 11 heteroatoms. The van der Waals surface area contributed by atoms with Gasteiger partial charge in [-0.25, -0.2) is 14.2 Å². The van der Waals surface area contributed by atoms with Crippen molar-refractivity contribution in [2.24, 2.45) is 0 Å². The summed E-state index contributed by atoms with van der Waals surface area (Å²) < 4.78 is 18.3. The fraction of sp³-hybridized carbons (Fsp3) is 0.300. The van der Waals surface area contributed by atoms with Gasteiger partial charge in [0.15, 0.2) is 0 Å². The average Bonchev–Trinajstić information content (AvgIpc) is 2.96. The number of nitrogens with zero attached hydrogens (tertiary/aromatic N) is 2. The van der Waals surface area contributed by atoms with Crippen LogP contribution in [0.3, 0.4) is 0 Å². The van der Waals surface area contributed by atoms with Gasteiger partial charge < -0.3 is 25.4 Å². The van der Waals surface area contributed by atoms with E-state index in [1.807, 2.05) is 0 Å². The fourth-order valence-corrected chi connectivity index (χ4v) is 3.32. The van der Waals surface area contributed by atoms with Gasteiger partial charge in [-0.15, -0.1) is 0 Å². The summed E-state index contributed by atoms with van der Waals surface area (Å²) in [4.78, 5) is 41.0. The van der Waals surface area contributed by atoms with Crippen LogP contribution in [0.1, 0.15) is 18.9 Å². The quantitative estimate of drug-likeness (QED) is 0.580. The number of hydrogen-bond acceptors (Lipinski definition) is 6. The van der Waals surface area contributed by atoms with Crippen molar-refractivity contribution in [2.45, 2.75) is 25.6 Å². The molecule has 31 heavy (non-hydrogen) atoms. The first-order valence-electron chi connectivity index (χ1n) is 9.36. The number of rotatable bonds is 6. The van der Waals surface area contributed by atoms with Crippen molar-refractivity contribution in [1.82, 2.24) is 10.3 Å². The summed E-state index contributed by atoms with van der Waals surface area (Å²) >= 11 is 5.78. The maximum atomic E-state index is 13.3. The lowest BCUT2D eigenvalue weighted by atomic mass is 10.1. The zero-order valence-corrected chi connectivity index (χ0v) is 17.3. The maximum Gasteiger partial charge on any atom is 0.410 e. The lowest BCUT2D eigenvalue weighted by Crippen LogP contribution is -2.46.